The Hall–Kier alpha value is -2.78. The maximum atomic E-state index is 13.5. The summed E-state index contributed by atoms with van der Waals surface area (Å²) in [4.78, 5) is 27.1. The Labute approximate surface area is 170 Å². The van der Waals surface area contributed by atoms with E-state index in [2.05, 4.69) is 10.3 Å². The number of amides is 1. The Morgan fingerprint density at radius 3 is 2.45 bits per heavy atom. The molecule has 1 aromatic heterocycles. The van der Waals surface area contributed by atoms with E-state index in [0.717, 1.165) is 4.31 Å². The number of hydrogen-bond acceptors (Lipinski definition) is 6. The van der Waals surface area contributed by atoms with Gasteiger partial charge in [-0.05, 0) is 48.2 Å². The fourth-order valence-electron chi connectivity index (χ4n) is 2.87. The second-order valence-electron chi connectivity index (χ2n) is 6.87. The summed E-state index contributed by atoms with van der Waals surface area (Å²) in [5.41, 5.74) is 1.11. The molecule has 156 valence electrons. The molecular formula is C20H25N3O5S. The van der Waals surface area contributed by atoms with Gasteiger partial charge >= 0.3 is 5.97 Å². The number of aromatic nitrogens is 1. The minimum atomic E-state index is -4.04. The Balaban J connectivity index is 2.51. The topological polar surface area (TPSA) is 106 Å². The second kappa shape index (κ2) is 10.1. The van der Waals surface area contributed by atoms with Crippen LogP contribution in [0.1, 0.15) is 25.8 Å². The molecular weight excluding hydrogens is 394 g/mol. The highest BCUT2D eigenvalue weighted by Gasteiger charge is 2.37. The zero-order valence-electron chi connectivity index (χ0n) is 16.6. The minimum Gasteiger partial charge on any atom is -0.468 e. The number of rotatable bonds is 10. The Morgan fingerprint density at radius 2 is 1.93 bits per heavy atom. The summed E-state index contributed by atoms with van der Waals surface area (Å²) >= 11 is 0. The molecule has 1 aromatic carbocycles. The van der Waals surface area contributed by atoms with Crippen molar-refractivity contribution >= 4 is 28.1 Å². The van der Waals surface area contributed by atoms with E-state index in [1.165, 1.54) is 31.4 Å². The van der Waals surface area contributed by atoms with Gasteiger partial charge in [-0.1, -0.05) is 19.9 Å². The third kappa shape index (κ3) is 5.85. The van der Waals surface area contributed by atoms with Crippen molar-refractivity contribution in [3.63, 3.8) is 0 Å². The van der Waals surface area contributed by atoms with Crippen LogP contribution in [0.15, 0.2) is 53.7 Å². The van der Waals surface area contributed by atoms with Gasteiger partial charge in [0.1, 0.15) is 6.04 Å². The van der Waals surface area contributed by atoms with Crippen LogP contribution in [0, 0.1) is 5.92 Å². The first-order valence-corrected chi connectivity index (χ1v) is 10.5. The van der Waals surface area contributed by atoms with Crippen LogP contribution in [-0.2, 0) is 30.9 Å². The van der Waals surface area contributed by atoms with Gasteiger partial charge in [0.15, 0.2) is 0 Å². The van der Waals surface area contributed by atoms with Gasteiger partial charge in [0, 0.05) is 24.6 Å². The average Bonchev–Trinajstić information content (AvgIpc) is 2.71. The highest BCUT2D eigenvalue weighted by Crippen LogP contribution is 2.26. The smallest absolute Gasteiger partial charge is 0.324 e. The van der Waals surface area contributed by atoms with Crippen molar-refractivity contribution in [2.45, 2.75) is 37.8 Å². The van der Waals surface area contributed by atoms with Crippen LogP contribution in [-0.4, -0.2) is 43.2 Å². The monoisotopic (exact) mass is 419 g/mol. The highest BCUT2D eigenvalue weighted by atomic mass is 32.2. The minimum absolute atomic E-state index is 0.00972. The number of ether oxygens (including phenoxy) is 1. The first-order valence-electron chi connectivity index (χ1n) is 9.08. The molecule has 0 spiro atoms. The average molecular weight is 420 g/mol. The number of sulfonamides is 1. The van der Waals surface area contributed by atoms with Crippen LogP contribution in [0.25, 0.3) is 0 Å². The van der Waals surface area contributed by atoms with Crippen molar-refractivity contribution in [1.29, 1.82) is 0 Å². The molecule has 2 rings (SSSR count). The normalized spacial score (nSPS) is 12.6. The number of nitrogens with zero attached hydrogens (tertiary/aromatic N) is 2. The maximum Gasteiger partial charge on any atom is 0.324 e. The molecule has 1 N–H and O–H groups in total. The number of carbonyl (C=O) groups is 2. The summed E-state index contributed by atoms with van der Waals surface area (Å²) in [6.45, 7) is 3.78. The van der Waals surface area contributed by atoms with E-state index in [1.54, 1.807) is 24.5 Å². The maximum absolute atomic E-state index is 13.5. The van der Waals surface area contributed by atoms with Gasteiger partial charge in [0.25, 0.3) is 0 Å². The Bertz CT molecular complexity index is 915. The standard InChI is InChI=1S/C20H25N3O5S/c1-15(2)11-19(20(25)28-3)23(13-16-5-4-10-21-12-16)29(26,27)18-8-6-17(7-9-18)22-14-24/h4-10,12,14-15,19H,11,13H2,1-3H3,(H,22,24)/t19-/m1/s1. The number of hydrogen-bond donors (Lipinski definition) is 1. The molecule has 0 radical (unpaired) electrons. The molecule has 8 nitrogen and oxygen atoms in total. The quantitative estimate of drug-likeness (QED) is 0.468. The van der Waals surface area contributed by atoms with Gasteiger partial charge in [-0.2, -0.15) is 4.31 Å². The third-order valence-corrected chi connectivity index (χ3v) is 6.13. The number of methoxy groups -OCH3 is 1. The van der Waals surface area contributed by atoms with E-state index in [-0.39, 0.29) is 17.4 Å². The Kier molecular flexibility index (Phi) is 7.86. The third-order valence-electron chi connectivity index (χ3n) is 4.26. The molecule has 0 aliphatic rings. The van der Waals surface area contributed by atoms with Crippen molar-refractivity contribution in [2.24, 2.45) is 5.92 Å². The molecule has 0 unspecified atom stereocenters. The molecule has 9 heteroatoms. The van der Waals surface area contributed by atoms with Gasteiger partial charge in [0.2, 0.25) is 16.4 Å². The summed E-state index contributed by atoms with van der Waals surface area (Å²) in [6.07, 6.45) is 3.96. The SMILES string of the molecule is COC(=O)[C@@H](CC(C)C)N(Cc1cccnc1)S(=O)(=O)c1ccc(NC=O)cc1. The fourth-order valence-corrected chi connectivity index (χ4v) is 4.45. The first kappa shape index (κ1) is 22.5. The molecule has 1 atom stereocenters. The molecule has 0 fully saturated rings. The summed E-state index contributed by atoms with van der Waals surface area (Å²) in [7, 11) is -2.80. The van der Waals surface area contributed by atoms with Crippen molar-refractivity contribution in [2.75, 3.05) is 12.4 Å². The van der Waals surface area contributed by atoms with Crippen molar-refractivity contribution in [3.8, 4) is 0 Å². The predicted molar refractivity (Wildman–Crippen MR) is 108 cm³/mol. The zero-order chi connectivity index (χ0) is 21.4. The molecule has 1 amide bonds. The molecule has 2 aromatic rings. The Morgan fingerprint density at radius 1 is 1.24 bits per heavy atom. The lowest BCUT2D eigenvalue weighted by Crippen LogP contribution is -2.45. The van der Waals surface area contributed by atoms with Crippen molar-refractivity contribution < 1.29 is 22.7 Å². The van der Waals surface area contributed by atoms with E-state index < -0.39 is 22.0 Å². The summed E-state index contributed by atoms with van der Waals surface area (Å²) in [5.74, 6) is -0.560. The number of esters is 1. The molecule has 29 heavy (non-hydrogen) atoms. The molecule has 1 heterocycles. The number of benzene rings is 1. The van der Waals surface area contributed by atoms with E-state index in [9.17, 15) is 18.0 Å². The van der Waals surface area contributed by atoms with Gasteiger partial charge in [0.05, 0.1) is 12.0 Å². The predicted octanol–water partition coefficient (Wildman–Crippen LogP) is 2.43. The van der Waals surface area contributed by atoms with E-state index in [0.29, 0.717) is 24.1 Å². The lowest BCUT2D eigenvalue weighted by molar-refractivity contribution is -0.145. The van der Waals surface area contributed by atoms with E-state index in [4.69, 9.17) is 4.74 Å². The highest BCUT2D eigenvalue weighted by molar-refractivity contribution is 7.89. The molecule has 0 aliphatic carbocycles. The van der Waals surface area contributed by atoms with Crippen LogP contribution in [0.2, 0.25) is 0 Å². The molecule has 0 bridgehead atoms. The fraction of sp³-hybridized carbons (Fsp3) is 0.350. The van der Waals surface area contributed by atoms with Gasteiger partial charge in [-0.3, -0.25) is 14.6 Å². The molecule has 0 aliphatic heterocycles. The van der Waals surface area contributed by atoms with Crippen LogP contribution < -0.4 is 5.32 Å². The van der Waals surface area contributed by atoms with Crippen molar-refractivity contribution in [1.82, 2.24) is 9.29 Å². The number of pyridine rings is 1. The molecule has 0 saturated heterocycles. The lowest BCUT2D eigenvalue weighted by atomic mass is 10.0. The number of nitrogens with one attached hydrogen (secondary N) is 1. The molecule has 0 saturated carbocycles. The van der Waals surface area contributed by atoms with Crippen LogP contribution in [0.5, 0.6) is 0 Å². The van der Waals surface area contributed by atoms with Crippen LogP contribution in [0.3, 0.4) is 0 Å². The van der Waals surface area contributed by atoms with Crippen LogP contribution in [0.4, 0.5) is 5.69 Å². The van der Waals surface area contributed by atoms with Gasteiger partial charge in [-0.25, -0.2) is 8.42 Å². The largest absolute Gasteiger partial charge is 0.468 e. The summed E-state index contributed by atoms with van der Waals surface area (Å²) in [5, 5.41) is 2.46. The lowest BCUT2D eigenvalue weighted by Gasteiger charge is -2.30. The first-order chi connectivity index (χ1) is 13.8. The summed E-state index contributed by atoms with van der Waals surface area (Å²) < 4.78 is 33.0. The van der Waals surface area contributed by atoms with Crippen molar-refractivity contribution in [3.05, 3.63) is 54.4 Å². The zero-order valence-corrected chi connectivity index (χ0v) is 17.4. The van der Waals surface area contributed by atoms with Crippen LogP contribution >= 0.6 is 0 Å². The van der Waals surface area contributed by atoms with Gasteiger partial charge in [-0.15, -0.1) is 0 Å². The van der Waals surface area contributed by atoms with E-state index in [1.807, 2.05) is 13.8 Å². The van der Waals surface area contributed by atoms with E-state index >= 15 is 0 Å². The number of carbonyl (C=O) groups excluding carboxylic acids is 2. The number of anilines is 1. The van der Waals surface area contributed by atoms with Gasteiger partial charge < -0.3 is 10.1 Å². The second-order valence-corrected chi connectivity index (χ2v) is 8.76. The summed E-state index contributed by atoms with van der Waals surface area (Å²) in [6, 6.07) is 8.21.